The van der Waals surface area contributed by atoms with Crippen LogP contribution in [0.25, 0.3) is 0 Å². The van der Waals surface area contributed by atoms with Crippen LogP contribution < -0.4 is 5.73 Å². The topological polar surface area (TPSA) is 46.2 Å². The van der Waals surface area contributed by atoms with Crippen LogP contribution >= 0.6 is 11.6 Å². The molecule has 1 unspecified atom stereocenters. The van der Waals surface area contributed by atoms with E-state index in [0.29, 0.717) is 18.4 Å². The second-order valence-electron chi connectivity index (χ2n) is 3.64. The van der Waals surface area contributed by atoms with Gasteiger partial charge in [0.05, 0.1) is 11.1 Å². The summed E-state index contributed by atoms with van der Waals surface area (Å²) in [5.41, 5.74) is 6.73. The van der Waals surface area contributed by atoms with Crippen LogP contribution in [-0.2, 0) is 6.42 Å². The molecule has 1 aromatic carbocycles. The number of aryl methyl sites for hydroxylation is 2. The first-order chi connectivity index (χ1) is 7.04. The highest BCUT2D eigenvalue weighted by atomic mass is 35.5. The second kappa shape index (κ2) is 5.45. The number of benzene rings is 1. The van der Waals surface area contributed by atoms with E-state index in [9.17, 15) is 9.50 Å². The van der Waals surface area contributed by atoms with Crippen molar-refractivity contribution in [1.82, 2.24) is 0 Å². The maximum Gasteiger partial charge on any atom is 0.144 e. The molecule has 4 heteroatoms. The third-order valence-corrected chi connectivity index (χ3v) is 2.58. The zero-order valence-corrected chi connectivity index (χ0v) is 9.39. The van der Waals surface area contributed by atoms with Crippen molar-refractivity contribution in [2.24, 2.45) is 5.73 Å². The Hall–Kier alpha value is -0.640. The van der Waals surface area contributed by atoms with Gasteiger partial charge in [-0.25, -0.2) is 4.39 Å². The van der Waals surface area contributed by atoms with Crippen molar-refractivity contribution in [3.8, 4) is 0 Å². The molecule has 15 heavy (non-hydrogen) atoms. The Morgan fingerprint density at radius 3 is 2.73 bits per heavy atom. The highest BCUT2D eigenvalue weighted by molar-refractivity contribution is 6.30. The highest BCUT2D eigenvalue weighted by Crippen LogP contribution is 2.21. The zero-order chi connectivity index (χ0) is 11.4. The van der Waals surface area contributed by atoms with Crippen molar-refractivity contribution in [2.75, 3.05) is 6.54 Å². The van der Waals surface area contributed by atoms with E-state index >= 15 is 0 Å². The van der Waals surface area contributed by atoms with E-state index in [-0.39, 0.29) is 17.4 Å². The molecule has 0 saturated heterocycles. The van der Waals surface area contributed by atoms with Crippen LogP contribution in [0.1, 0.15) is 17.5 Å². The molecule has 0 aliphatic carbocycles. The minimum atomic E-state index is -0.505. The molecule has 0 spiro atoms. The maximum absolute atomic E-state index is 13.2. The molecule has 0 aliphatic rings. The number of hydrogen-bond donors (Lipinski definition) is 2. The Balaban J connectivity index is 2.70. The lowest BCUT2D eigenvalue weighted by atomic mass is 10.0. The summed E-state index contributed by atoms with van der Waals surface area (Å²) in [4.78, 5) is 0. The highest BCUT2D eigenvalue weighted by Gasteiger charge is 2.07. The monoisotopic (exact) mass is 231 g/mol. The van der Waals surface area contributed by atoms with E-state index in [1.807, 2.05) is 0 Å². The van der Waals surface area contributed by atoms with E-state index in [4.69, 9.17) is 17.3 Å². The Labute approximate surface area is 93.9 Å². The Bertz CT molecular complexity index is 320. The van der Waals surface area contributed by atoms with Gasteiger partial charge in [0.15, 0.2) is 0 Å². The molecule has 3 N–H and O–H groups in total. The van der Waals surface area contributed by atoms with E-state index in [2.05, 4.69) is 0 Å². The molecule has 0 fully saturated rings. The minimum Gasteiger partial charge on any atom is -0.392 e. The first-order valence-electron chi connectivity index (χ1n) is 4.87. The fourth-order valence-corrected chi connectivity index (χ4v) is 1.68. The summed E-state index contributed by atoms with van der Waals surface area (Å²) >= 11 is 5.71. The van der Waals surface area contributed by atoms with Crippen LogP contribution in [0.15, 0.2) is 12.1 Å². The van der Waals surface area contributed by atoms with Gasteiger partial charge < -0.3 is 10.8 Å². The van der Waals surface area contributed by atoms with Crippen molar-refractivity contribution >= 4 is 11.6 Å². The number of hydrogen-bond acceptors (Lipinski definition) is 2. The lowest BCUT2D eigenvalue weighted by Crippen LogP contribution is -2.20. The predicted octanol–water partition coefficient (Wildman–Crippen LogP) is 2.04. The largest absolute Gasteiger partial charge is 0.392 e. The first kappa shape index (κ1) is 12.4. The number of aliphatic hydroxyl groups is 1. The fraction of sp³-hybridized carbons (Fsp3) is 0.455. The molecule has 0 saturated carbocycles. The summed E-state index contributed by atoms with van der Waals surface area (Å²) in [6.07, 6.45) is 0.714. The maximum atomic E-state index is 13.2. The Morgan fingerprint density at radius 1 is 1.53 bits per heavy atom. The van der Waals surface area contributed by atoms with Gasteiger partial charge in [-0.3, -0.25) is 0 Å². The molecule has 0 bridgehead atoms. The number of nitrogens with two attached hydrogens (primary N) is 1. The van der Waals surface area contributed by atoms with Gasteiger partial charge in [-0.2, -0.15) is 0 Å². The van der Waals surface area contributed by atoms with E-state index in [0.717, 1.165) is 5.56 Å². The lowest BCUT2D eigenvalue weighted by molar-refractivity contribution is 0.173. The van der Waals surface area contributed by atoms with Crippen LogP contribution in [0, 0.1) is 12.7 Å². The van der Waals surface area contributed by atoms with Crippen LogP contribution in [0.5, 0.6) is 0 Å². The van der Waals surface area contributed by atoms with Crippen LogP contribution in [0.2, 0.25) is 5.02 Å². The molecule has 0 amide bonds. The molecular formula is C11H15ClFNO. The summed E-state index contributed by atoms with van der Waals surface area (Å²) in [5.74, 6) is -0.375. The molecule has 2 nitrogen and oxygen atoms in total. The van der Waals surface area contributed by atoms with Crippen molar-refractivity contribution in [3.63, 3.8) is 0 Å². The summed E-state index contributed by atoms with van der Waals surface area (Å²) in [5, 5.41) is 9.41. The number of aliphatic hydroxyl groups excluding tert-OH is 1. The summed E-state index contributed by atoms with van der Waals surface area (Å²) in [6, 6.07) is 3.33. The van der Waals surface area contributed by atoms with Crippen molar-refractivity contribution in [1.29, 1.82) is 0 Å². The van der Waals surface area contributed by atoms with E-state index < -0.39 is 6.10 Å². The van der Waals surface area contributed by atoms with Gasteiger partial charge in [0, 0.05) is 6.54 Å². The van der Waals surface area contributed by atoms with E-state index in [1.54, 1.807) is 19.1 Å². The molecule has 84 valence electrons. The van der Waals surface area contributed by atoms with Gasteiger partial charge in [-0.1, -0.05) is 17.7 Å². The van der Waals surface area contributed by atoms with E-state index in [1.165, 1.54) is 0 Å². The fourth-order valence-electron chi connectivity index (χ4n) is 1.39. The third kappa shape index (κ3) is 3.45. The second-order valence-corrected chi connectivity index (χ2v) is 4.04. The quantitative estimate of drug-likeness (QED) is 0.833. The summed E-state index contributed by atoms with van der Waals surface area (Å²) in [7, 11) is 0. The third-order valence-electron chi connectivity index (χ3n) is 2.31. The predicted molar refractivity (Wildman–Crippen MR) is 59.5 cm³/mol. The molecule has 1 aromatic rings. The van der Waals surface area contributed by atoms with Crippen LogP contribution in [0.3, 0.4) is 0 Å². The standard InChI is InChI=1S/C11H15ClFNO/c1-7-4-8(2-3-9(15)6-14)5-10(12)11(7)13/h4-5,9,15H,2-3,6,14H2,1H3. The molecule has 0 heterocycles. The smallest absolute Gasteiger partial charge is 0.144 e. The SMILES string of the molecule is Cc1cc(CCC(O)CN)cc(Cl)c1F. The normalized spacial score (nSPS) is 12.9. The summed E-state index contributed by atoms with van der Waals surface area (Å²) < 4.78 is 13.2. The summed E-state index contributed by atoms with van der Waals surface area (Å²) in [6.45, 7) is 1.91. The Morgan fingerprint density at radius 2 is 2.20 bits per heavy atom. The zero-order valence-electron chi connectivity index (χ0n) is 8.63. The Kier molecular flexibility index (Phi) is 4.51. The number of rotatable bonds is 4. The molecule has 1 rings (SSSR count). The first-order valence-corrected chi connectivity index (χ1v) is 5.25. The van der Waals surface area contributed by atoms with Gasteiger partial charge in [0.25, 0.3) is 0 Å². The van der Waals surface area contributed by atoms with Gasteiger partial charge in [0.1, 0.15) is 5.82 Å². The molecule has 0 aromatic heterocycles. The molecule has 1 atom stereocenters. The minimum absolute atomic E-state index is 0.132. The average molecular weight is 232 g/mol. The molecule has 0 radical (unpaired) electrons. The van der Waals surface area contributed by atoms with Gasteiger partial charge in [0.2, 0.25) is 0 Å². The van der Waals surface area contributed by atoms with Crippen molar-refractivity contribution in [3.05, 3.63) is 34.1 Å². The molecular weight excluding hydrogens is 217 g/mol. The van der Waals surface area contributed by atoms with Gasteiger partial charge in [-0.15, -0.1) is 0 Å². The van der Waals surface area contributed by atoms with Crippen LogP contribution in [0.4, 0.5) is 4.39 Å². The van der Waals surface area contributed by atoms with Crippen LogP contribution in [-0.4, -0.2) is 17.8 Å². The lowest BCUT2D eigenvalue weighted by Gasteiger charge is -2.09. The van der Waals surface area contributed by atoms with Gasteiger partial charge in [-0.05, 0) is 37.0 Å². The average Bonchev–Trinajstić information content (AvgIpc) is 2.22. The number of halogens is 2. The van der Waals surface area contributed by atoms with Gasteiger partial charge >= 0.3 is 0 Å². The van der Waals surface area contributed by atoms with Crippen molar-refractivity contribution < 1.29 is 9.50 Å². The molecule has 0 aliphatic heterocycles. The van der Waals surface area contributed by atoms with Crippen molar-refractivity contribution in [2.45, 2.75) is 25.9 Å².